The van der Waals surface area contributed by atoms with Crippen molar-refractivity contribution in [3.8, 4) is 0 Å². The van der Waals surface area contributed by atoms with Crippen LogP contribution in [0.15, 0.2) is 0 Å². The van der Waals surface area contributed by atoms with Gasteiger partial charge in [-0.15, -0.1) is 0 Å². The Bertz CT molecular complexity index is 221. The Kier molecular flexibility index (Phi) is 2.73. The first-order chi connectivity index (χ1) is 4.33. The number of sulfonamides is 1. The average Bonchev–Trinajstić information content (AvgIpc) is 1.60. The highest BCUT2D eigenvalue weighted by molar-refractivity contribution is 7.89. The van der Waals surface area contributed by atoms with E-state index in [1.807, 2.05) is 0 Å². The van der Waals surface area contributed by atoms with Gasteiger partial charge in [-0.2, -0.15) is 0 Å². The van der Waals surface area contributed by atoms with Crippen LogP contribution >= 0.6 is 0 Å². The lowest BCUT2D eigenvalue weighted by Gasteiger charge is -2.00. The number of carbonyl (C=O) groups is 1. The van der Waals surface area contributed by atoms with E-state index in [2.05, 4.69) is 0 Å². The summed E-state index contributed by atoms with van der Waals surface area (Å²) < 4.78 is 33.0. The van der Waals surface area contributed by atoms with Gasteiger partial charge >= 0.3 is 0 Å². The highest BCUT2D eigenvalue weighted by Crippen LogP contribution is 1.84. The van der Waals surface area contributed by atoms with Crippen molar-refractivity contribution < 1.29 is 22.7 Å². The number of halogens is 1. The molecule has 0 aromatic heterocycles. The van der Waals surface area contributed by atoms with Crippen molar-refractivity contribution >= 4 is 15.9 Å². The van der Waals surface area contributed by atoms with E-state index in [9.17, 15) is 17.6 Å². The third-order valence-electron chi connectivity index (χ3n) is 0.502. The largest absolute Gasteiger partial charge is 0.357 e. The van der Waals surface area contributed by atoms with Gasteiger partial charge in [0.1, 0.15) is 0 Å². The van der Waals surface area contributed by atoms with Gasteiger partial charge in [-0.05, 0) is 0 Å². The van der Waals surface area contributed by atoms with Crippen molar-refractivity contribution in [3.63, 3.8) is 0 Å². The molecule has 1 atom stereocenters. The first kappa shape index (κ1) is 9.31. The zero-order chi connectivity index (χ0) is 8.36. The highest BCUT2D eigenvalue weighted by atomic mass is 32.2. The first-order valence-electron chi connectivity index (χ1n) is 2.16. The number of carbonyl (C=O) groups excluding carboxylic acids is 1. The minimum atomic E-state index is -3.77. The predicted octanol–water partition coefficient (Wildman–Crippen LogP) is -1.65. The lowest BCUT2D eigenvalue weighted by Crippen LogP contribution is -2.35. The Morgan fingerprint density at radius 1 is 1.70 bits per heavy atom. The molecule has 0 rings (SSSR count). The molecule has 1 unspecified atom stereocenters. The second kappa shape index (κ2) is 2.93. The molecule has 0 aliphatic heterocycles. The fourth-order valence-electron chi connectivity index (χ4n) is 0.231. The molecule has 0 radical (unpaired) electrons. The number of alkyl halides is 1. The van der Waals surface area contributed by atoms with Crippen molar-refractivity contribution in [2.24, 2.45) is 0 Å². The topological polar surface area (TPSA) is 83.5 Å². The normalized spacial score (nSPS) is 14.3. The standard InChI is InChI=1S/C3H6FNO4S/c1-10(8,9)5-3(7)2(4)6/h2,6H,1H3,(H,5,7). The van der Waals surface area contributed by atoms with Gasteiger partial charge in [0.05, 0.1) is 6.26 Å². The van der Waals surface area contributed by atoms with Crippen molar-refractivity contribution in [1.29, 1.82) is 0 Å². The third kappa shape index (κ3) is 4.21. The molecule has 0 heterocycles. The summed E-state index contributed by atoms with van der Waals surface area (Å²) in [5.41, 5.74) is 0. The zero-order valence-corrected chi connectivity index (χ0v) is 5.85. The average molecular weight is 171 g/mol. The first-order valence-corrected chi connectivity index (χ1v) is 4.06. The summed E-state index contributed by atoms with van der Waals surface area (Å²) in [6, 6.07) is 0. The molecule has 1 amide bonds. The van der Waals surface area contributed by atoms with E-state index < -0.39 is 22.3 Å². The fraction of sp³-hybridized carbons (Fsp3) is 0.667. The summed E-state index contributed by atoms with van der Waals surface area (Å²) in [5, 5.41) is 7.84. The van der Waals surface area contributed by atoms with Crippen LogP contribution in [0.2, 0.25) is 0 Å². The molecule has 2 N–H and O–H groups in total. The lowest BCUT2D eigenvalue weighted by atomic mass is 10.7. The minimum Gasteiger partial charge on any atom is -0.357 e. The Labute approximate surface area is 56.9 Å². The molecule has 0 bridgehead atoms. The second-order valence-electron chi connectivity index (χ2n) is 1.57. The third-order valence-corrected chi connectivity index (χ3v) is 1.07. The molecule has 0 spiro atoms. The van der Waals surface area contributed by atoms with Crippen LogP contribution in [0.3, 0.4) is 0 Å². The van der Waals surface area contributed by atoms with E-state index in [0.717, 1.165) is 0 Å². The molecular weight excluding hydrogens is 165 g/mol. The summed E-state index contributed by atoms with van der Waals surface area (Å²) in [6.45, 7) is 0. The van der Waals surface area contributed by atoms with Crippen LogP contribution in [-0.2, 0) is 14.8 Å². The van der Waals surface area contributed by atoms with E-state index in [1.54, 1.807) is 0 Å². The van der Waals surface area contributed by atoms with Gasteiger partial charge in [-0.25, -0.2) is 17.5 Å². The maximum Gasteiger partial charge on any atom is 0.295 e. The van der Waals surface area contributed by atoms with Crippen LogP contribution in [0.5, 0.6) is 0 Å². The van der Waals surface area contributed by atoms with Gasteiger partial charge in [0.25, 0.3) is 12.3 Å². The zero-order valence-electron chi connectivity index (χ0n) is 5.04. The summed E-state index contributed by atoms with van der Waals surface area (Å²) in [6.07, 6.45) is -2.12. The molecule has 0 saturated carbocycles. The Balaban J connectivity index is 4.07. The number of aliphatic hydroxyl groups excluding tert-OH is 1. The Morgan fingerprint density at radius 3 is 2.20 bits per heavy atom. The molecule has 0 aromatic rings. The van der Waals surface area contributed by atoms with E-state index >= 15 is 0 Å². The number of nitrogens with one attached hydrogen (secondary N) is 1. The molecule has 0 aromatic carbocycles. The summed E-state index contributed by atoms with van der Waals surface area (Å²) in [5.74, 6) is -1.58. The maximum atomic E-state index is 11.5. The van der Waals surface area contributed by atoms with Crippen LogP contribution in [0.1, 0.15) is 0 Å². The molecule has 7 heteroatoms. The minimum absolute atomic E-state index is 0.674. The number of amides is 1. The van der Waals surface area contributed by atoms with E-state index in [0.29, 0.717) is 6.26 Å². The summed E-state index contributed by atoms with van der Waals surface area (Å²) in [4.78, 5) is 10.0. The summed E-state index contributed by atoms with van der Waals surface area (Å²) in [7, 11) is -3.77. The van der Waals surface area contributed by atoms with Gasteiger partial charge in [0.15, 0.2) is 0 Å². The number of aliphatic hydroxyl groups is 1. The van der Waals surface area contributed by atoms with Gasteiger partial charge < -0.3 is 5.11 Å². The van der Waals surface area contributed by atoms with Crippen LogP contribution in [0, 0.1) is 0 Å². The Hall–Kier alpha value is -0.690. The van der Waals surface area contributed by atoms with Crippen molar-refractivity contribution in [3.05, 3.63) is 0 Å². The Morgan fingerprint density at radius 2 is 2.10 bits per heavy atom. The molecule has 10 heavy (non-hydrogen) atoms. The van der Waals surface area contributed by atoms with Crippen molar-refractivity contribution in [1.82, 2.24) is 4.72 Å². The van der Waals surface area contributed by atoms with Crippen LogP contribution in [0.25, 0.3) is 0 Å². The molecule has 0 fully saturated rings. The molecular formula is C3H6FNO4S. The quantitative estimate of drug-likeness (QED) is 0.521. The number of hydrogen-bond acceptors (Lipinski definition) is 4. The van der Waals surface area contributed by atoms with E-state index in [1.165, 1.54) is 4.72 Å². The molecule has 60 valence electrons. The SMILES string of the molecule is CS(=O)(=O)NC(=O)C(O)F. The highest BCUT2D eigenvalue weighted by Gasteiger charge is 2.16. The molecule has 0 aliphatic rings. The molecule has 5 nitrogen and oxygen atoms in total. The van der Waals surface area contributed by atoms with Gasteiger partial charge in [-0.1, -0.05) is 0 Å². The van der Waals surface area contributed by atoms with Crippen LogP contribution < -0.4 is 4.72 Å². The predicted molar refractivity (Wildman–Crippen MR) is 30.1 cm³/mol. The van der Waals surface area contributed by atoms with Crippen molar-refractivity contribution in [2.45, 2.75) is 6.36 Å². The summed E-state index contributed by atoms with van der Waals surface area (Å²) >= 11 is 0. The fourth-order valence-corrected chi connectivity index (χ4v) is 0.694. The van der Waals surface area contributed by atoms with Crippen LogP contribution in [0.4, 0.5) is 4.39 Å². The second-order valence-corrected chi connectivity index (χ2v) is 3.32. The maximum absolute atomic E-state index is 11.5. The smallest absolute Gasteiger partial charge is 0.295 e. The number of rotatable bonds is 2. The lowest BCUT2D eigenvalue weighted by molar-refractivity contribution is -0.135. The van der Waals surface area contributed by atoms with Crippen LogP contribution in [-0.4, -0.2) is 32.0 Å². The molecule has 0 saturated heterocycles. The van der Waals surface area contributed by atoms with Gasteiger partial charge in [-0.3, -0.25) is 4.79 Å². The van der Waals surface area contributed by atoms with Gasteiger partial charge in [0, 0.05) is 0 Å². The van der Waals surface area contributed by atoms with Gasteiger partial charge in [0.2, 0.25) is 10.0 Å². The number of hydrogen-bond donors (Lipinski definition) is 2. The van der Waals surface area contributed by atoms with Crippen molar-refractivity contribution in [2.75, 3.05) is 6.26 Å². The van der Waals surface area contributed by atoms with E-state index in [4.69, 9.17) is 5.11 Å². The van der Waals surface area contributed by atoms with E-state index in [-0.39, 0.29) is 0 Å². The monoisotopic (exact) mass is 171 g/mol. The molecule has 0 aliphatic carbocycles.